The summed E-state index contributed by atoms with van der Waals surface area (Å²) in [6.45, 7) is -2.87. The predicted octanol–water partition coefficient (Wildman–Crippen LogP) is 4.08. The van der Waals surface area contributed by atoms with Gasteiger partial charge in [-0.15, -0.1) is 0 Å². The van der Waals surface area contributed by atoms with Crippen LogP contribution in [0.25, 0.3) is 22.0 Å². The molecular formula is C17H16F2N4O. The van der Waals surface area contributed by atoms with Gasteiger partial charge >= 0.3 is 6.61 Å². The highest BCUT2D eigenvalue weighted by atomic mass is 19.3. The molecule has 124 valence electrons. The fraction of sp³-hybridized carbons (Fsp3) is 0.294. The van der Waals surface area contributed by atoms with Crippen LogP contribution in [0, 0.1) is 0 Å². The molecular weight excluding hydrogens is 314 g/mol. The zero-order valence-electron chi connectivity index (χ0n) is 13.0. The zero-order chi connectivity index (χ0) is 16.7. The van der Waals surface area contributed by atoms with Gasteiger partial charge in [0.1, 0.15) is 11.3 Å². The van der Waals surface area contributed by atoms with Gasteiger partial charge in [0.2, 0.25) is 0 Å². The monoisotopic (exact) mass is 330 g/mol. The number of nitrogens with zero attached hydrogens (tertiary/aromatic N) is 3. The van der Waals surface area contributed by atoms with Gasteiger partial charge in [-0.3, -0.25) is 4.68 Å². The molecule has 1 aromatic carbocycles. The van der Waals surface area contributed by atoms with E-state index in [1.807, 2.05) is 23.0 Å². The Kier molecular flexibility index (Phi) is 3.55. The highest BCUT2D eigenvalue weighted by Gasteiger charge is 2.26. The third-order valence-corrected chi connectivity index (χ3v) is 4.12. The van der Waals surface area contributed by atoms with E-state index >= 15 is 0 Å². The molecule has 0 saturated heterocycles. The van der Waals surface area contributed by atoms with E-state index in [0.29, 0.717) is 11.6 Å². The Balaban J connectivity index is 1.89. The fourth-order valence-electron chi connectivity index (χ4n) is 2.80. The average Bonchev–Trinajstić information content (AvgIpc) is 3.33. The van der Waals surface area contributed by atoms with Gasteiger partial charge in [0.15, 0.2) is 5.75 Å². The first-order valence-corrected chi connectivity index (χ1v) is 7.76. The van der Waals surface area contributed by atoms with Gasteiger partial charge in [0.25, 0.3) is 0 Å². The second-order valence-corrected chi connectivity index (χ2v) is 5.77. The molecule has 3 aromatic rings. The van der Waals surface area contributed by atoms with Gasteiger partial charge in [-0.05, 0) is 48.2 Å². The number of halogens is 2. The third kappa shape index (κ3) is 2.66. The van der Waals surface area contributed by atoms with Crippen molar-refractivity contribution in [1.82, 2.24) is 14.8 Å². The minimum Gasteiger partial charge on any atom is -0.432 e. The van der Waals surface area contributed by atoms with Crippen molar-refractivity contribution in [1.29, 1.82) is 0 Å². The molecule has 0 radical (unpaired) electrons. The van der Waals surface area contributed by atoms with Crippen molar-refractivity contribution in [2.24, 2.45) is 0 Å². The Morgan fingerprint density at radius 3 is 2.83 bits per heavy atom. The molecule has 0 aliphatic heterocycles. The number of rotatable bonds is 5. The molecule has 0 bridgehead atoms. The minimum atomic E-state index is -2.87. The summed E-state index contributed by atoms with van der Waals surface area (Å²) in [5.74, 6) is 0.842. The molecule has 0 atom stereocenters. The smallest absolute Gasteiger partial charge is 0.387 e. The van der Waals surface area contributed by atoms with Crippen LogP contribution in [0.15, 0.2) is 36.7 Å². The minimum absolute atomic E-state index is 0.103. The number of benzene rings is 1. The van der Waals surface area contributed by atoms with E-state index in [0.717, 1.165) is 35.2 Å². The van der Waals surface area contributed by atoms with Crippen LogP contribution in [0.5, 0.6) is 5.75 Å². The molecule has 1 aliphatic carbocycles. The second kappa shape index (κ2) is 5.74. The van der Waals surface area contributed by atoms with Gasteiger partial charge in [-0.1, -0.05) is 0 Å². The first-order chi connectivity index (χ1) is 11.7. The fourth-order valence-corrected chi connectivity index (χ4v) is 2.80. The van der Waals surface area contributed by atoms with E-state index in [1.54, 1.807) is 25.4 Å². The quantitative estimate of drug-likeness (QED) is 0.766. The lowest BCUT2D eigenvalue weighted by molar-refractivity contribution is -0.0489. The van der Waals surface area contributed by atoms with Crippen molar-refractivity contribution >= 4 is 16.7 Å². The summed E-state index contributed by atoms with van der Waals surface area (Å²) in [6, 6.07) is 7.49. The molecule has 7 heteroatoms. The Morgan fingerprint density at radius 2 is 2.12 bits per heavy atom. The van der Waals surface area contributed by atoms with Crippen LogP contribution in [-0.2, 0) is 0 Å². The molecule has 2 aromatic heterocycles. The third-order valence-electron chi connectivity index (χ3n) is 4.12. The average molecular weight is 330 g/mol. The molecule has 2 heterocycles. The standard InChI is InChI=1S/C17H16F2N4O/c1-20-15-8-10(6-7-21-15)12-4-5-14(24-17(18)19)16-13(12)9-23(22-16)11-2-3-11/h4-9,11,17H,2-3H2,1H3,(H,20,21). The van der Waals surface area contributed by atoms with Gasteiger partial charge in [0.05, 0.1) is 6.04 Å². The van der Waals surface area contributed by atoms with Crippen molar-refractivity contribution in [3.8, 4) is 16.9 Å². The number of nitrogens with one attached hydrogen (secondary N) is 1. The number of ether oxygens (including phenoxy) is 1. The van der Waals surface area contributed by atoms with E-state index < -0.39 is 6.61 Å². The maximum Gasteiger partial charge on any atom is 0.387 e. The molecule has 0 amide bonds. The molecule has 0 unspecified atom stereocenters. The normalized spacial score (nSPS) is 14.3. The Labute approximate surface area is 137 Å². The topological polar surface area (TPSA) is 52.0 Å². The SMILES string of the molecule is CNc1cc(-c2ccc(OC(F)F)c3nn(C4CC4)cc23)ccn1. The largest absolute Gasteiger partial charge is 0.432 e. The van der Waals surface area contributed by atoms with E-state index in [9.17, 15) is 8.78 Å². The molecule has 4 rings (SSSR count). The van der Waals surface area contributed by atoms with Crippen molar-refractivity contribution in [3.05, 3.63) is 36.7 Å². The van der Waals surface area contributed by atoms with Crippen molar-refractivity contribution in [2.45, 2.75) is 25.5 Å². The van der Waals surface area contributed by atoms with Gasteiger partial charge < -0.3 is 10.1 Å². The maximum atomic E-state index is 12.7. The highest BCUT2D eigenvalue weighted by molar-refractivity contribution is 5.98. The van der Waals surface area contributed by atoms with Crippen LogP contribution < -0.4 is 10.1 Å². The maximum absolute atomic E-state index is 12.7. The number of hydrogen-bond donors (Lipinski definition) is 1. The number of fused-ring (bicyclic) bond motifs is 1. The number of anilines is 1. The zero-order valence-corrected chi connectivity index (χ0v) is 13.0. The number of pyridine rings is 1. The predicted molar refractivity (Wildman–Crippen MR) is 87.4 cm³/mol. The van der Waals surface area contributed by atoms with E-state index in [1.165, 1.54) is 0 Å². The summed E-state index contributed by atoms with van der Waals surface area (Å²) in [4.78, 5) is 4.21. The van der Waals surface area contributed by atoms with Crippen LogP contribution in [0.1, 0.15) is 18.9 Å². The molecule has 24 heavy (non-hydrogen) atoms. The number of alkyl halides is 2. The summed E-state index contributed by atoms with van der Waals surface area (Å²) < 4.78 is 31.8. The Hall–Kier alpha value is -2.70. The first-order valence-electron chi connectivity index (χ1n) is 7.76. The van der Waals surface area contributed by atoms with Crippen molar-refractivity contribution < 1.29 is 13.5 Å². The number of aromatic nitrogens is 3. The summed E-state index contributed by atoms with van der Waals surface area (Å²) >= 11 is 0. The Morgan fingerprint density at radius 1 is 1.29 bits per heavy atom. The summed E-state index contributed by atoms with van der Waals surface area (Å²) in [6.07, 6.45) is 5.75. The van der Waals surface area contributed by atoms with Crippen LogP contribution in [0.4, 0.5) is 14.6 Å². The molecule has 5 nitrogen and oxygen atoms in total. The lowest BCUT2D eigenvalue weighted by Gasteiger charge is -2.09. The summed E-state index contributed by atoms with van der Waals surface area (Å²) in [5.41, 5.74) is 2.32. The summed E-state index contributed by atoms with van der Waals surface area (Å²) in [5, 5.41) is 8.28. The van der Waals surface area contributed by atoms with Crippen LogP contribution in [-0.4, -0.2) is 28.4 Å². The van der Waals surface area contributed by atoms with Crippen molar-refractivity contribution in [2.75, 3.05) is 12.4 Å². The molecule has 0 spiro atoms. The second-order valence-electron chi connectivity index (χ2n) is 5.77. The van der Waals surface area contributed by atoms with Crippen molar-refractivity contribution in [3.63, 3.8) is 0 Å². The molecule has 1 saturated carbocycles. The lowest BCUT2D eigenvalue weighted by atomic mass is 10.0. The summed E-state index contributed by atoms with van der Waals surface area (Å²) in [7, 11) is 1.80. The number of hydrogen-bond acceptors (Lipinski definition) is 4. The van der Waals surface area contributed by atoms with Gasteiger partial charge in [-0.2, -0.15) is 13.9 Å². The van der Waals surface area contributed by atoms with E-state index in [4.69, 9.17) is 0 Å². The van der Waals surface area contributed by atoms with Crippen LogP contribution >= 0.6 is 0 Å². The van der Waals surface area contributed by atoms with E-state index in [-0.39, 0.29) is 5.75 Å². The van der Waals surface area contributed by atoms with Gasteiger partial charge in [0, 0.05) is 24.8 Å². The van der Waals surface area contributed by atoms with Crippen LogP contribution in [0.2, 0.25) is 0 Å². The molecule has 1 N–H and O–H groups in total. The van der Waals surface area contributed by atoms with Crippen LogP contribution in [0.3, 0.4) is 0 Å². The lowest BCUT2D eigenvalue weighted by Crippen LogP contribution is -2.03. The molecule has 1 fully saturated rings. The highest BCUT2D eigenvalue weighted by Crippen LogP contribution is 2.39. The Bertz CT molecular complexity index is 889. The first kappa shape index (κ1) is 14.9. The molecule has 1 aliphatic rings. The van der Waals surface area contributed by atoms with E-state index in [2.05, 4.69) is 20.1 Å². The van der Waals surface area contributed by atoms with Gasteiger partial charge in [-0.25, -0.2) is 4.98 Å².